The lowest BCUT2D eigenvalue weighted by Gasteiger charge is -2.41. The predicted molar refractivity (Wildman–Crippen MR) is 97.8 cm³/mol. The van der Waals surface area contributed by atoms with E-state index in [2.05, 4.69) is 14.9 Å². The second kappa shape index (κ2) is 5.48. The largest absolute Gasteiger partial charge is 0.354 e. The van der Waals surface area contributed by atoms with E-state index in [-0.39, 0.29) is 5.41 Å². The monoisotopic (exact) mass is 331 g/mol. The lowest BCUT2D eigenvalue weighted by molar-refractivity contribution is 0.333. The van der Waals surface area contributed by atoms with Crippen molar-refractivity contribution in [3.63, 3.8) is 0 Å². The zero-order chi connectivity index (χ0) is 16.9. The Morgan fingerprint density at radius 3 is 2.80 bits per heavy atom. The molecule has 3 aromatic rings. The maximum Gasteiger partial charge on any atom is 0.147 e. The molecule has 1 aliphatic carbocycles. The van der Waals surface area contributed by atoms with Gasteiger partial charge in [-0.2, -0.15) is 0 Å². The summed E-state index contributed by atoms with van der Waals surface area (Å²) in [5.41, 5.74) is 4.67. The van der Waals surface area contributed by atoms with Crippen LogP contribution in [0, 0.1) is 6.92 Å². The van der Waals surface area contributed by atoms with Gasteiger partial charge in [0.1, 0.15) is 11.6 Å². The Labute approximate surface area is 147 Å². The molecule has 0 bridgehead atoms. The summed E-state index contributed by atoms with van der Waals surface area (Å²) in [6.45, 7) is 4.00. The van der Waals surface area contributed by atoms with Gasteiger partial charge in [-0.1, -0.05) is 12.1 Å². The first kappa shape index (κ1) is 14.8. The summed E-state index contributed by atoms with van der Waals surface area (Å²) in [7, 11) is 0. The minimum Gasteiger partial charge on any atom is -0.354 e. The van der Waals surface area contributed by atoms with E-state index in [1.165, 1.54) is 17.7 Å². The summed E-state index contributed by atoms with van der Waals surface area (Å²) < 4.78 is 0. The van der Waals surface area contributed by atoms with Crippen molar-refractivity contribution in [3.8, 4) is 0 Å². The van der Waals surface area contributed by atoms with Crippen LogP contribution in [0.1, 0.15) is 36.3 Å². The highest BCUT2D eigenvalue weighted by molar-refractivity contribution is 5.75. The molecule has 1 fully saturated rings. The van der Waals surface area contributed by atoms with Gasteiger partial charge < -0.3 is 4.90 Å². The number of anilines is 1. The molecule has 5 rings (SSSR count). The van der Waals surface area contributed by atoms with Crippen LogP contribution < -0.4 is 4.90 Å². The number of piperidine rings is 1. The minimum atomic E-state index is 0.147. The molecule has 5 heteroatoms. The van der Waals surface area contributed by atoms with Crippen molar-refractivity contribution >= 4 is 16.9 Å². The van der Waals surface area contributed by atoms with Crippen molar-refractivity contribution in [1.82, 2.24) is 19.9 Å². The number of fused-ring (bicyclic) bond motifs is 3. The Hall–Kier alpha value is -2.56. The molecule has 1 aromatic carbocycles. The van der Waals surface area contributed by atoms with Crippen molar-refractivity contribution in [2.75, 3.05) is 18.0 Å². The van der Waals surface area contributed by atoms with Gasteiger partial charge in [0.15, 0.2) is 0 Å². The van der Waals surface area contributed by atoms with Crippen LogP contribution in [0.3, 0.4) is 0 Å². The molecule has 0 amide bonds. The fourth-order valence-corrected chi connectivity index (χ4v) is 4.45. The summed E-state index contributed by atoms with van der Waals surface area (Å²) >= 11 is 0. The number of aryl methyl sites for hydroxylation is 2. The summed E-state index contributed by atoms with van der Waals surface area (Å²) in [6.07, 6.45) is 8.57. The van der Waals surface area contributed by atoms with E-state index in [9.17, 15) is 0 Å². The molecule has 2 aromatic heterocycles. The maximum absolute atomic E-state index is 4.86. The molecule has 1 unspecified atom stereocenters. The molecule has 0 N–H and O–H groups in total. The summed E-state index contributed by atoms with van der Waals surface area (Å²) in [6, 6.07) is 8.07. The Morgan fingerprint density at radius 2 is 1.88 bits per heavy atom. The van der Waals surface area contributed by atoms with E-state index in [1.807, 2.05) is 43.6 Å². The van der Waals surface area contributed by atoms with Crippen LogP contribution in [0.2, 0.25) is 0 Å². The number of para-hydroxylation sites is 2. The molecule has 1 saturated heterocycles. The number of aromatic nitrogens is 4. The molecule has 5 nitrogen and oxygen atoms in total. The number of nitrogens with zero attached hydrogens (tertiary/aromatic N) is 5. The first-order chi connectivity index (χ1) is 12.2. The van der Waals surface area contributed by atoms with E-state index in [4.69, 9.17) is 9.97 Å². The molecule has 1 atom stereocenters. The minimum absolute atomic E-state index is 0.147. The van der Waals surface area contributed by atoms with Gasteiger partial charge >= 0.3 is 0 Å². The average molecular weight is 331 g/mol. The average Bonchev–Trinajstić information content (AvgIpc) is 2.99. The lowest BCUT2D eigenvalue weighted by Crippen LogP contribution is -2.46. The Morgan fingerprint density at radius 1 is 1.00 bits per heavy atom. The highest BCUT2D eigenvalue weighted by Gasteiger charge is 2.44. The molecule has 126 valence electrons. The third-order valence-electron chi connectivity index (χ3n) is 5.70. The third-order valence-corrected chi connectivity index (χ3v) is 5.70. The molecular formula is C20H21N5. The van der Waals surface area contributed by atoms with Crippen molar-refractivity contribution in [1.29, 1.82) is 0 Å². The van der Waals surface area contributed by atoms with E-state index < -0.39 is 0 Å². The van der Waals surface area contributed by atoms with Gasteiger partial charge in [-0.15, -0.1) is 0 Å². The first-order valence-corrected chi connectivity index (χ1v) is 9.03. The maximum atomic E-state index is 4.86. The second-order valence-corrected chi connectivity index (χ2v) is 7.31. The van der Waals surface area contributed by atoms with Gasteiger partial charge in [0.25, 0.3) is 0 Å². The molecule has 1 spiro atoms. The Bertz CT molecular complexity index is 950. The lowest BCUT2D eigenvalue weighted by atomic mass is 9.77. The third kappa shape index (κ3) is 2.37. The van der Waals surface area contributed by atoms with Crippen LogP contribution in [0.15, 0.2) is 36.7 Å². The van der Waals surface area contributed by atoms with Crippen LogP contribution in [-0.4, -0.2) is 33.0 Å². The van der Waals surface area contributed by atoms with E-state index in [1.54, 1.807) is 0 Å². The quantitative estimate of drug-likeness (QED) is 0.685. The van der Waals surface area contributed by atoms with Crippen molar-refractivity contribution in [2.24, 2.45) is 0 Å². The topological polar surface area (TPSA) is 54.8 Å². The normalized spacial score (nSPS) is 22.5. The molecule has 25 heavy (non-hydrogen) atoms. The SMILES string of the molecule is Cc1ncc2c(n1)C1(CCCN(c3cnc4ccccc4n3)C1)CC2. The van der Waals surface area contributed by atoms with Gasteiger partial charge in [0.05, 0.1) is 22.9 Å². The van der Waals surface area contributed by atoms with Crippen molar-refractivity contribution in [2.45, 2.75) is 38.0 Å². The van der Waals surface area contributed by atoms with Gasteiger partial charge in [-0.25, -0.2) is 15.0 Å². The second-order valence-electron chi connectivity index (χ2n) is 7.31. The van der Waals surface area contributed by atoms with Crippen molar-refractivity contribution < 1.29 is 0 Å². The number of rotatable bonds is 1. The van der Waals surface area contributed by atoms with E-state index in [0.717, 1.165) is 55.0 Å². The Kier molecular flexibility index (Phi) is 3.23. The number of hydrogen-bond donors (Lipinski definition) is 0. The van der Waals surface area contributed by atoms with Crippen LogP contribution in [0.5, 0.6) is 0 Å². The van der Waals surface area contributed by atoms with Gasteiger partial charge in [-0.05, 0) is 50.3 Å². The highest BCUT2D eigenvalue weighted by Crippen LogP contribution is 2.44. The summed E-state index contributed by atoms with van der Waals surface area (Å²) in [5, 5.41) is 0. The predicted octanol–water partition coefficient (Wildman–Crippen LogP) is 3.21. The standard InChI is InChI=1S/C20H21N5/c1-14-21-11-15-7-9-20(19(15)23-14)8-4-10-25(13-20)18-12-22-16-5-2-3-6-17(16)24-18/h2-3,5-6,11-12H,4,7-10,13H2,1H3. The summed E-state index contributed by atoms with van der Waals surface area (Å²) in [5.74, 6) is 1.86. The molecule has 1 aliphatic heterocycles. The fraction of sp³-hybridized carbons (Fsp3) is 0.400. The van der Waals surface area contributed by atoms with Gasteiger partial charge in [0.2, 0.25) is 0 Å². The first-order valence-electron chi connectivity index (χ1n) is 9.03. The number of benzene rings is 1. The van der Waals surface area contributed by atoms with Crippen LogP contribution in [0.4, 0.5) is 5.82 Å². The zero-order valence-corrected chi connectivity index (χ0v) is 14.4. The van der Waals surface area contributed by atoms with E-state index in [0.29, 0.717) is 0 Å². The molecule has 0 saturated carbocycles. The highest BCUT2D eigenvalue weighted by atomic mass is 15.2. The van der Waals surface area contributed by atoms with Crippen LogP contribution in [-0.2, 0) is 11.8 Å². The smallest absolute Gasteiger partial charge is 0.147 e. The molecular weight excluding hydrogens is 310 g/mol. The van der Waals surface area contributed by atoms with E-state index >= 15 is 0 Å². The zero-order valence-electron chi connectivity index (χ0n) is 14.4. The molecule has 0 radical (unpaired) electrons. The summed E-state index contributed by atoms with van der Waals surface area (Å²) in [4.78, 5) is 21.1. The molecule has 3 heterocycles. The van der Waals surface area contributed by atoms with Gasteiger partial charge in [-0.3, -0.25) is 4.98 Å². The van der Waals surface area contributed by atoms with Crippen molar-refractivity contribution in [3.05, 3.63) is 53.7 Å². The van der Waals surface area contributed by atoms with Crippen LogP contribution >= 0.6 is 0 Å². The number of hydrogen-bond acceptors (Lipinski definition) is 5. The van der Waals surface area contributed by atoms with Gasteiger partial charge in [0, 0.05) is 24.7 Å². The molecule has 2 aliphatic rings. The van der Waals surface area contributed by atoms with Crippen LogP contribution in [0.25, 0.3) is 11.0 Å². The fourth-order valence-electron chi connectivity index (χ4n) is 4.45. The Balaban J connectivity index is 1.52.